The first-order chi connectivity index (χ1) is 13.7. The maximum Gasteiger partial charge on any atom is 0.164 e. The van der Waals surface area contributed by atoms with Gasteiger partial charge >= 0.3 is 0 Å². The SMILES string of the molecule is CNC[C@H](O)c1cc(OCc2ccccc2)c(OCc2ccccc2)cc1F. The van der Waals surface area contributed by atoms with E-state index < -0.39 is 11.9 Å². The highest BCUT2D eigenvalue weighted by Gasteiger charge is 2.18. The smallest absolute Gasteiger partial charge is 0.164 e. The molecule has 3 aromatic carbocycles. The molecule has 0 aliphatic carbocycles. The minimum atomic E-state index is -0.979. The van der Waals surface area contributed by atoms with E-state index in [4.69, 9.17) is 9.47 Å². The van der Waals surface area contributed by atoms with Crippen molar-refractivity contribution in [2.24, 2.45) is 0 Å². The van der Waals surface area contributed by atoms with Crippen molar-refractivity contribution < 1.29 is 19.0 Å². The van der Waals surface area contributed by atoms with Crippen molar-refractivity contribution >= 4 is 0 Å². The normalized spacial score (nSPS) is 11.8. The van der Waals surface area contributed by atoms with Crippen molar-refractivity contribution in [3.05, 3.63) is 95.3 Å². The Morgan fingerprint density at radius 2 is 1.36 bits per heavy atom. The summed E-state index contributed by atoms with van der Waals surface area (Å²) in [6.07, 6.45) is -0.979. The zero-order valence-electron chi connectivity index (χ0n) is 15.8. The van der Waals surface area contributed by atoms with E-state index in [2.05, 4.69) is 5.32 Å². The maximum absolute atomic E-state index is 14.6. The average molecular weight is 381 g/mol. The van der Waals surface area contributed by atoms with Gasteiger partial charge in [0, 0.05) is 18.2 Å². The molecule has 0 fully saturated rings. The molecule has 5 heteroatoms. The number of nitrogens with one attached hydrogen (secondary N) is 1. The van der Waals surface area contributed by atoms with Crippen LogP contribution in [-0.2, 0) is 13.2 Å². The van der Waals surface area contributed by atoms with E-state index in [1.54, 1.807) is 7.05 Å². The summed E-state index contributed by atoms with van der Waals surface area (Å²) < 4.78 is 26.3. The van der Waals surface area contributed by atoms with Crippen LogP contribution in [0, 0.1) is 5.82 Å². The van der Waals surface area contributed by atoms with Gasteiger partial charge in [0.25, 0.3) is 0 Å². The highest BCUT2D eigenvalue weighted by Crippen LogP contribution is 2.34. The summed E-state index contributed by atoms with van der Waals surface area (Å²) in [5, 5.41) is 13.1. The number of likely N-dealkylation sites (N-methyl/N-ethyl adjacent to an activating group) is 1. The van der Waals surface area contributed by atoms with Gasteiger partial charge in [0.05, 0.1) is 6.10 Å². The summed E-state index contributed by atoms with van der Waals surface area (Å²) in [4.78, 5) is 0. The van der Waals surface area contributed by atoms with E-state index in [9.17, 15) is 9.50 Å². The average Bonchev–Trinajstić information content (AvgIpc) is 2.73. The topological polar surface area (TPSA) is 50.7 Å². The third-order valence-electron chi connectivity index (χ3n) is 4.29. The van der Waals surface area contributed by atoms with E-state index in [-0.39, 0.29) is 12.1 Å². The molecule has 0 aliphatic rings. The molecule has 0 amide bonds. The van der Waals surface area contributed by atoms with Crippen LogP contribution in [0.4, 0.5) is 4.39 Å². The second-order valence-corrected chi connectivity index (χ2v) is 6.44. The Bertz CT molecular complexity index is 872. The second kappa shape index (κ2) is 9.88. The van der Waals surface area contributed by atoms with Gasteiger partial charge in [0.1, 0.15) is 19.0 Å². The Morgan fingerprint density at radius 1 is 0.857 bits per heavy atom. The Balaban J connectivity index is 1.83. The molecule has 4 nitrogen and oxygen atoms in total. The van der Waals surface area contributed by atoms with Crippen LogP contribution in [0.25, 0.3) is 0 Å². The lowest BCUT2D eigenvalue weighted by Crippen LogP contribution is -2.18. The number of benzene rings is 3. The summed E-state index contributed by atoms with van der Waals surface area (Å²) in [7, 11) is 1.70. The number of ether oxygens (including phenoxy) is 2. The predicted octanol–water partition coefficient (Wildman–Crippen LogP) is 4.24. The molecule has 0 unspecified atom stereocenters. The van der Waals surface area contributed by atoms with Crippen molar-refractivity contribution in [3.63, 3.8) is 0 Å². The van der Waals surface area contributed by atoms with E-state index in [0.29, 0.717) is 24.7 Å². The van der Waals surface area contributed by atoms with Crippen LogP contribution in [0.15, 0.2) is 72.8 Å². The molecule has 28 heavy (non-hydrogen) atoms. The fraction of sp³-hybridized carbons (Fsp3) is 0.217. The standard InChI is InChI=1S/C23H24FNO3/c1-25-14-21(26)19-12-22(27-15-17-8-4-2-5-9-17)23(13-20(19)24)28-16-18-10-6-3-7-11-18/h2-13,21,25-26H,14-16H2,1H3/t21-/m0/s1. The van der Waals surface area contributed by atoms with Crippen LogP contribution < -0.4 is 14.8 Å². The molecule has 1 atom stereocenters. The Hall–Kier alpha value is -2.89. The van der Waals surface area contributed by atoms with Gasteiger partial charge in [-0.2, -0.15) is 0 Å². The summed E-state index contributed by atoms with van der Waals surface area (Å²) >= 11 is 0. The molecule has 0 radical (unpaired) electrons. The monoisotopic (exact) mass is 381 g/mol. The summed E-state index contributed by atoms with van der Waals surface area (Å²) in [5.41, 5.74) is 2.12. The zero-order valence-corrected chi connectivity index (χ0v) is 15.8. The lowest BCUT2D eigenvalue weighted by molar-refractivity contribution is 0.171. The molecular weight excluding hydrogens is 357 g/mol. The quantitative estimate of drug-likeness (QED) is 0.582. The van der Waals surface area contributed by atoms with Crippen molar-refractivity contribution in [2.75, 3.05) is 13.6 Å². The van der Waals surface area contributed by atoms with E-state index in [0.717, 1.165) is 11.1 Å². The molecule has 146 valence electrons. The molecular formula is C23H24FNO3. The first-order valence-corrected chi connectivity index (χ1v) is 9.17. The molecule has 0 bridgehead atoms. The third kappa shape index (κ3) is 5.31. The van der Waals surface area contributed by atoms with Crippen LogP contribution in [0.5, 0.6) is 11.5 Å². The Morgan fingerprint density at radius 3 is 1.86 bits per heavy atom. The van der Waals surface area contributed by atoms with Gasteiger partial charge in [-0.25, -0.2) is 4.39 Å². The van der Waals surface area contributed by atoms with Gasteiger partial charge in [-0.15, -0.1) is 0 Å². The Labute approximate surface area is 164 Å². The van der Waals surface area contributed by atoms with Crippen molar-refractivity contribution in [1.82, 2.24) is 5.32 Å². The van der Waals surface area contributed by atoms with Gasteiger partial charge in [-0.1, -0.05) is 60.7 Å². The van der Waals surface area contributed by atoms with Gasteiger partial charge in [0.2, 0.25) is 0 Å². The van der Waals surface area contributed by atoms with Crippen LogP contribution >= 0.6 is 0 Å². The van der Waals surface area contributed by atoms with Crippen molar-refractivity contribution in [1.29, 1.82) is 0 Å². The lowest BCUT2D eigenvalue weighted by atomic mass is 10.1. The number of rotatable bonds is 9. The number of halogens is 1. The van der Waals surface area contributed by atoms with Crippen LogP contribution in [0.3, 0.4) is 0 Å². The van der Waals surface area contributed by atoms with E-state index >= 15 is 0 Å². The highest BCUT2D eigenvalue weighted by atomic mass is 19.1. The molecule has 0 saturated carbocycles. The number of hydrogen-bond donors (Lipinski definition) is 2. The molecule has 0 aromatic heterocycles. The van der Waals surface area contributed by atoms with Gasteiger partial charge in [-0.3, -0.25) is 0 Å². The molecule has 2 N–H and O–H groups in total. The van der Waals surface area contributed by atoms with Gasteiger partial charge < -0.3 is 19.9 Å². The van der Waals surface area contributed by atoms with Crippen LogP contribution in [0.2, 0.25) is 0 Å². The van der Waals surface area contributed by atoms with Gasteiger partial charge in [0.15, 0.2) is 11.5 Å². The molecule has 0 heterocycles. The predicted molar refractivity (Wildman–Crippen MR) is 107 cm³/mol. The van der Waals surface area contributed by atoms with Crippen LogP contribution in [-0.4, -0.2) is 18.7 Å². The fourth-order valence-corrected chi connectivity index (χ4v) is 2.81. The van der Waals surface area contributed by atoms with Crippen LogP contribution in [0.1, 0.15) is 22.8 Å². The molecule has 0 aliphatic heterocycles. The largest absolute Gasteiger partial charge is 0.485 e. The zero-order chi connectivity index (χ0) is 19.8. The second-order valence-electron chi connectivity index (χ2n) is 6.44. The third-order valence-corrected chi connectivity index (χ3v) is 4.29. The van der Waals surface area contributed by atoms with E-state index in [1.165, 1.54) is 12.1 Å². The Kier molecular flexibility index (Phi) is 7.00. The molecule has 0 spiro atoms. The fourth-order valence-electron chi connectivity index (χ4n) is 2.81. The summed E-state index contributed by atoms with van der Waals surface area (Å²) in [6.45, 7) is 0.843. The van der Waals surface area contributed by atoms with Crippen molar-refractivity contribution in [2.45, 2.75) is 19.3 Å². The lowest BCUT2D eigenvalue weighted by Gasteiger charge is -2.17. The highest BCUT2D eigenvalue weighted by molar-refractivity contribution is 5.45. The number of aliphatic hydroxyl groups is 1. The number of aliphatic hydroxyl groups excluding tert-OH is 1. The van der Waals surface area contributed by atoms with Crippen molar-refractivity contribution in [3.8, 4) is 11.5 Å². The summed E-state index contributed by atoms with van der Waals surface area (Å²) in [6, 6.07) is 22.1. The maximum atomic E-state index is 14.6. The first kappa shape index (κ1) is 19.9. The van der Waals surface area contributed by atoms with Gasteiger partial charge in [-0.05, 0) is 24.2 Å². The molecule has 0 saturated heterocycles. The molecule has 3 aromatic rings. The minimum absolute atomic E-state index is 0.171. The minimum Gasteiger partial charge on any atom is -0.485 e. The first-order valence-electron chi connectivity index (χ1n) is 9.17. The van der Waals surface area contributed by atoms with E-state index in [1.807, 2.05) is 60.7 Å². The number of hydrogen-bond acceptors (Lipinski definition) is 4. The summed E-state index contributed by atoms with van der Waals surface area (Å²) in [5.74, 6) is 0.168. The molecule has 3 rings (SSSR count).